The van der Waals surface area contributed by atoms with Gasteiger partial charge in [-0.2, -0.15) is 0 Å². The molecular weight excluding hydrogens is 375 g/mol. The Balaban J connectivity index is 1.43. The van der Waals surface area contributed by atoms with Crippen LogP contribution < -0.4 is 10.1 Å². The van der Waals surface area contributed by atoms with Gasteiger partial charge in [-0.05, 0) is 37.1 Å². The average molecular weight is 400 g/mol. The number of benzene rings is 2. The molecule has 2 aromatic rings. The average Bonchev–Trinajstić information content (AvgIpc) is 2.74. The molecule has 0 saturated carbocycles. The third-order valence-electron chi connectivity index (χ3n) is 4.78. The van der Waals surface area contributed by atoms with Crippen molar-refractivity contribution in [2.45, 2.75) is 26.0 Å². The third-order valence-corrected chi connectivity index (χ3v) is 4.78. The van der Waals surface area contributed by atoms with Crippen LogP contribution in [0, 0.1) is 5.82 Å². The zero-order chi connectivity index (χ0) is 20.6. The maximum atomic E-state index is 14.0. The minimum atomic E-state index is -0.555. The summed E-state index contributed by atoms with van der Waals surface area (Å²) in [6.07, 6.45) is 0.267. The molecule has 1 aliphatic heterocycles. The number of carbonyl (C=O) groups excluding carboxylic acids is 2. The molecular formula is C22H25FN2O4. The minimum Gasteiger partial charge on any atom is -0.490 e. The molecule has 1 aliphatic rings. The second-order valence-corrected chi connectivity index (χ2v) is 6.98. The Bertz CT molecular complexity index is 844. The van der Waals surface area contributed by atoms with Gasteiger partial charge in [0, 0.05) is 31.2 Å². The largest absolute Gasteiger partial charge is 0.490 e. The number of halogens is 1. The van der Waals surface area contributed by atoms with E-state index in [-0.39, 0.29) is 30.3 Å². The Morgan fingerprint density at radius 2 is 2.00 bits per heavy atom. The number of Topliss-reactive ketones (excluding diaryl/α,β-unsaturated/α-hetero) is 1. The quantitative estimate of drug-likeness (QED) is 0.722. The first-order valence-corrected chi connectivity index (χ1v) is 9.65. The highest BCUT2D eigenvalue weighted by atomic mass is 19.1. The number of piperazine rings is 1. The zero-order valence-corrected chi connectivity index (χ0v) is 16.4. The summed E-state index contributed by atoms with van der Waals surface area (Å²) in [6.45, 7) is 3.66. The summed E-state index contributed by atoms with van der Waals surface area (Å²) in [7, 11) is 0. The van der Waals surface area contributed by atoms with Gasteiger partial charge >= 0.3 is 6.09 Å². The van der Waals surface area contributed by atoms with Gasteiger partial charge in [-0.25, -0.2) is 9.18 Å². The first kappa shape index (κ1) is 20.8. The lowest BCUT2D eigenvalue weighted by molar-refractivity contribution is 0.0826. The van der Waals surface area contributed by atoms with Crippen molar-refractivity contribution in [1.82, 2.24) is 10.2 Å². The van der Waals surface area contributed by atoms with Crippen molar-refractivity contribution in [3.8, 4) is 5.75 Å². The van der Waals surface area contributed by atoms with Crippen LogP contribution in [-0.4, -0.2) is 49.1 Å². The summed E-state index contributed by atoms with van der Waals surface area (Å²) in [4.78, 5) is 25.3. The van der Waals surface area contributed by atoms with Gasteiger partial charge in [0.15, 0.2) is 17.3 Å². The van der Waals surface area contributed by atoms with E-state index in [9.17, 15) is 14.0 Å². The van der Waals surface area contributed by atoms with Gasteiger partial charge < -0.3 is 19.7 Å². The van der Waals surface area contributed by atoms with E-state index in [1.165, 1.54) is 19.1 Å². The first-order chi connectivity index (χ1) is 14.0. The molecule has 1 fully saturated rings. The van der Waals surface area contributed by atoms with E-state index in [0.717, 1.165) is 5.56 Å². The van der Waals surface area contributed by atoms with Crippen molar-refractivity contribution in [2.24, 2.45) is 0 Å². The number of ketones is 1. The van der Waals surface area contributed by atoms with Crippen molar-refractivity contribution in [2.75, 3.05) is 26.2 Å². The molecule has 1 saturated heterocycles. The van der Waals surface area contributed by atoms with Crippen LogP contribution in [0.5, 0.6) is 5.75 Å². The lowest BCUT2D eigenvalue weighted by Crippen LogP contribution is -2.53. The van der Waals surface area contributed by atoms with Crippen LogP contribution in [0.1, 0.15) is 29.3 Å². The molecule has 154 valence electrons. The molecule has 6 nitrogen and oxygen atoms in total. The smallest absolute Gasteiger partial charge is 0.410 e. The summed E-state index contributed by atoms with van der Waals surface area (Å²) in [5.74, 6) is -0.633. The lowest BCUT2D eigenvalue weighted by Gasteiger charge is -2.33. The van der Waals surface area contributed by atoms with Crippen LogP contribution in [0.2, 0.25) is 0 Å². The number of hydrogen-bond acceptors (Lipinski definition) is 5. The number of hydrogen-bond donors (Lipinski definition) is 1. The summed E-state index contributed by atoms with van der Waals surface area (Å²) in [5, 5.41) is 3.33. The monoisotopic (exact) mass is 400 g/mol. The van der Waals surface area contributed by atoms with Crippen LogP contribution in [0.15, 0.2) is 48.5 Å². The van der Waals surface area contributed by atoms with Crippen molar-refractivity contribution in [3.05, 3.63) is 65.5 Å². The van der Waals surface area contributed by atoms with Crippen LogP contribution in [-0.2, 0) is 11.3 Å². The molecule has 0 bridgehead atoms. The number of nitrogens with one attached hydrogen (secondary N) is 1. The Labute approximate surface area is 169 Å². The minimum absolute atomic E-state index is 0.0348. The van der Waals surface area contributed by atoms with E-state index in [0.29, 0.717) is 38.2 Å². The number of rotatable bonds is 7. The van der Waals surface area contributed by atoms with Gasteiger partial charge in [0.25, 0.3) is 0 Å². The van der Waals surface area contributed by atoms with Gasteiger partial charge in [0.2, 0.25) is 0 Å². The van der Waals surface area contributed by atoms with Gasteiger partial charge in [0.1, 0.15) is 6.61 Å². The summed E-state index contributed by atoms with van der Waals surface area (Å²) >= 11 is 0. The van der Waals surface area contributed by atoms with E-state index in [4.69, 9.17) is 9.47 Å². The summed E-state index contributed by atoms with van der Waals surface area (Å²) in [5.41, 5.74) is 1.26. The predicted octanol–water partition coefficient (Wildman–Crippen LogP) is 3.41. The van der Waals surface area contributed by atoms with Crippen molar-refractivity contribution < 1.29 is 23.5 Å². The highest BCUT2D eigenvalue weighted by molar-refractivity contribution is 5.94. The predicted molar refractivity (Wildman–Crippen MR) is 107 cm³/mol. The molecule has 1 N–H and O–H groups in total. The van der Waals surface area contributed by atoms with Gasteiger partial charge in [-0.1, -0.05) is 30.3 Å². The number of ether oxygens (including phenoxy) is 2. The van der Waals surface area contributed by atoms with Crippen molar-refractivity contribution >= 4 is 11.9 Å². The van der Waals surface area contributed by atoms with Gasteiger partial charge in [-0.15, -0.1) is 0 Å². The normalized spacial score (nSPS) is 16.3. The van der Waals surface area contributed by atoms with Crippen LogP contribution >= 0.6 is 0 Å². The molecule has 0 aromatic heterocycles. The maximum absolute atomic E-state index is 14.0. The fourth-order valence-corrected chi connectivity index (χ4v) is 3.14. The SMILES string of the molecule is CC(=O)c1ccc(OCC[C@@H]2CN(C(=O)OCc3ccccc3)CCN2)c(F)c1. The van der Waals surface area contributed by atoms with Crippen molar-refractivity contribution in [1.29, 1.82) is 0 Å². The van der Waals surface area contributed by atoms with Crippen LogP contribution in [0.25, 0.3) is 0 Å². The van der Waals surface area contributed by atoms with Crippen LogP contribution in [0.3, 0.4) is 0 Å². The molecule has 1 atom stereocenters. The first-order valence-electron chi connectivity index (χ1n) is 9.65. The van der Waals surface area contributed by atoms with E-state index in [1.54, 1.807) is 11.0 Å². The lowest BCUT2D eigenvalue weighted by atomic mass is 10.1. The van der Waals surface area contributed by atoms with E-state index in [1.807, 2.05) is 30.3 Å². The molecule has 2 aromatic carbocycles. The number of amides is 1. The van der Waals surface area contributed by atoms with Gasteiger partial charge in [-0.3, -0.25) is 4.79 Å². The van der Waals surface area contributed by atoms with E-state index in [2.05, 4.69) is 5.32 Å². The second kappa shape index (κ2) is 10.0. The highest BCUT2D eigenvalue weighted by Crippen LogP contribution is 2.19. The van der Waals surface area contributed by atoms with Crippen molar-refractivity contribution in [3.63, 3.8) is 0 Å². The summed E-state index contributed by atoms with van der Waals surface area (Å²) < 4.78 is 24.9. The summed E-state index contributed by atoms with van der Waals surface area (Å²) in [6, 6.07) is 13.8. The molecule has 0 aliphatic carbocycles. The molecule has 7 heteroatoms. The van der Waals surface area contributed by atoms with E-state index < -0.39 is 5.82 Å². The molecule has 0 radical (unpaired) electrons. The number of carbonyl (C=O) groups is 2. The highest BCUT2D eigenvalue weighted by Gasteiger charge is 2.24. The second-order valence-electron chi connectivity index (χ2n) is 6.98. The molecule has 0 unspecified atom stereocenters. The van der Waals surface area contributed by atoms with E-state index >= 15 is 0 Å². The Morgan fingerprint density at radius 1 is 1.21 bits per heavy atom. The molecule has 29 heavy (non-hydrogen) atoms. The Morgan fingerprint density at radius 3 is 2.72 bits per heavy atom. The fourth-order valence-electron chi connectivity index (χ4n) is 3.14. The topological polar surface area (TPSA) is 67.9 Å². The zero-order valence-electron chi connectivity index (χ0n) is 16.4. The van der Waals surface area contributed by atoms with Gasteiger partial charge in [0.05, 0.1) is 6.61 Å². The van der Waals surface area contributed by atoms with Crippen LogP contribution in [0.4, 0.5) is 9.18 Å². The molecule has 3 rings (SSSR count). The third kappa shape index (κ3) is 6.02. The standard InChI is InChI=1S/C22H25FN2O4/c1-16(26)18-7-8-21(20(23)13-18)28-12-9-19-14-25(11-10-24-19)22(27)29-15-17-5-3-2-4-6-17/h2-8,13,19,24H,9-12,14-15H2,1H3/t19-/m1/s1. The fraction of sp³-hybridized carbons (Fsp3) is 0.364. The Kier molecular flexibility index (Phi) is 7.19. The molecule has 1 amide bonds. The molecule has 0 spiro atoms. The Hall–Kier alpha value is -2.93. The molecule has 1 heterocycles. The maximum Gasteiger partial charge on any atom is 0.410 e. The number of nitrogens with zero attached hydrogens (tertiary/aromatic N) is 1.